The minimum Gasteiger partial charge on any atom is -0.383 e. The lowest BCUT2D eigenvalue weighted by atomic mass is 9.82. The molecule has 1 aliphatic heterocycles. The van der Waals surface area contributed by atoms with E-state index < -0.39 is 0 Å². The Balaban J connectivity index is 1.29. The Labute approximate surface area is 204 Å². The van der Waals surface area contributed by atoms with Crippen LogP contribution in [-0.2, 0) is 11.2 Å². The van der Waals surface area contributed by atoms with Crippen molar-refractivity contribution in [2.75, 3.05) is 46.4 Å². The molecule has 2 aliphatic rings. The van der Waals surface area contributed by atoms with Gasteiger partial charge in [0.1, 0.15) is 0 Å². The Morgan fingerprint density at radius 3 is 2.52 bits per heavy atom. The summed E-state index contributed by atoms with van der Waals surface area (Å²) in [6.45, 7) is 9.22. The predicted molar refractivity (Wildman–Crippen MR) is 136 cm³/mol. The Bertz CT molecular complexity index is 642. The largest absolute Gasteiger partial charge is 0.383 e. The van der Waals surface area contributed by atoms with E-state index in [1.54, 1.807) is 0 Å². The van der Waals surface area contributed by atoms with E-state index in [9.17, 15) is 0 Å². The molecule has 0 aromatic heterocycles. The molecule has 176 valence electrons. The lowest BCUT2D eigenvalue weighted by Gasteiger charge is -2.37. The van der Waals surface area contributed by atoms with E-state index in [4.69, 9.17) is 16.3 Å². The van der Waals surface area contributed by atoms with Gasteiger partial charge in [-0.15, -0.1) is 0 Å². The van der Waals surface area contributed by atoms with Crippen molar-refractivity contribution in [2.45, 2.75) is 70.8 Å². The molecule has 0 unspecified atom stereocenters. The third-order valence-corrected chi connectivity index (χ3v) is 8.64. The number of rotatable bonds is 11. The van der Waals surface area contributed by atoms with E-state index >= 15 is 0 Å². The Morgan fingerprint density at radius 2 is 1.84 bits per heavy atom. The summed E-state index contributed by atoms with van der Waals surface area (Å²) in [6.07, 6.45) is 12.2. The number of methoxy groups -OCH3 is 1. The highest BCUT2D eigenvalue weighted by Crippen LogP contribution is 2.31. The first kappa shape index (κ1) is 25.5. The molecule has 0 amide bonds. The predicted octanol–water partition coefficient (Wildman–Crippen LogP) is 6.66. The average Bonchev–Trinajstić information content (AvgIpc) is 2.79. The number of ether oxygens (including phenoxy) is 1. The van der Waals surface area contributed by atoms with Gasteiger partial charge in [0, 0.05) is 29.2 Å². The SMILES string of the molecule is CCN(CCOC)C1CCC(CCCN2CCC(Cc3cc(Cl)ccc3Br)CC2)CC1. The highest BCUT2D eigenvalue weighted by atomic mass is 79.9. The second kappa shape index (κ2) is 13.5. The van der Waals surface area contributed by atoms with E-state index in [0.717, 1.165) is 49.0 Å². The molecule has 1 heterocycles. The van der Waals surface area contributed by atoms with Crippen LogP contribution in [0.25, 0.3) is 0 Å². The second-order valence-electron chi connectivity index (χ2n) is 9.66. The zero-order valence-electron chi connectivity index (χ0n) is 19.6. The summed E-state index contributed by atoms with van der Waals surface area (Å²) in [5, 5.41) is 0.849. The van der Waals surface area contributed by atoms with Crippen LogP contribution >= 0.6 is 27.5 Å². The van der Waals surface area contributed by atoms with Gasteiger partial charge in [-0.3, -0.25) is 4.90 Å². The topological polar surface area (TPSA) is 15.7 Å². The molecule has 1 saturated heterocycles. The van der Waals surface area contributed by atoms with Gasteiger partial charge in [0.05, 0.1) is 6.61 Å². The highest BCUT2D eigenvalue weighted by Gasteiger charge is 2.25. The fourth-order valence-corrected chi connectivity index (χ4v) is 6.24. The van der Waals surface area contributed by atoms with Gasteiger partial charge in [0.15, 0.2) is 0 Å². The molecule has 0 radical (unpaired) electrons. The van der Waals surface area contributed by atoms with E-state index in [-0.39, 0.29) is 0 Å². The van der Waals surface area contributed by atoms with E-state index in [0.29, 0.717) is 0 Å². The van der Waals surface area contributed by atoms with Crippen LogP contribution in [0.4, 0.5) is 0 Å². The van der Waals surface area contributed by atoms with Crippen LogP contribution in [0.1, 0.15) is 63.9 Å². The van der Waals surface area contributed by atoms with Gasteiger partial charge in [-0.1, -0.05) is 34.5 Å². The maximum Gasteiger partial charge on any atom is 0.0589 e. The molecule has 1 aliphatic carbocycles. The van der Waals surface area contributed by atoms with Crippen molar-refractivity contribution in [1.82, 2.24) is 9.80 Å². The molecular weight excluding hydrogens is 472 g/mol. The number of likely N-dealkylation sites (N-methyl/N-ethyl adjacent to an activating group) is 1. The monoisotopic (exact) mass is 512 g/mol. The summed E-state index contributed by atoms with van der Waals surface area (Å²) in [4.78, 5) is 5.34. The summed E-state index contributed by atoms with van der Waals surface area (Å²) in [5.41, 5.74) is 1.37. The fourth-order valence-electron chi connectivity index (χ4n) is 5.63. The maximum atomic E-state index is 6.19. The first-order valence-electron chi connectivity index (χ1n) is 12.5. The summed E-state index contributed by atoms with van der Waals surface area (Å²) < 4.78 is 6.49. The summed E-state index contributed by atoms with van der Waals surface area (Å²) in [6, 6.07) is 6.96. The maximum absolute atomic E-state index is 6.19. The minimum atomic E-state index is 0.787. The molecule has 0 N–H and O–H groups in total. The summed E-state index contributed by atoms with van der Waals surface area (Å²) in [5.74, 6) is 1.75. The number of halogens is 2. The molecule has 1 saturated carbocycles. The van der Waals surface area contributed by atoms with Gasteiger partial charge in [-0.25, -0.2) is 0 Å². The molecule has 3 nitrogen and oxygen atoms in total. The number of hydrogen-bond donors (Lipinski definition) is 0. The number of benzene rings is 1. The van der Waals surface area contributed by atoms with Crippen molar-refractivity contribution in [1.29, 1.82) is 0 Å². The molecule has 5 heteroatoms. The molecule has 1 aromatic rings. The van der Waals surface area contributed by atoms with Crippen LogP contribution in [0.5, 0.6) is 0 Å². The zero-order valence-corrected chi connectivity index (χ0v) is 22.0. The zero-order chi connectivity index (χ0) is 22.1. The smallest absolute Gasteiger partial charge is 0.0589 e. The number of hydrogen-bond acceptors (Lipinski definition) is 3. The van der Waals surface area contributed by atoms with Crippen LogP contribution in [0.15, 0.2) is 22.7 Å². The normalized spacial score (nSPS) is 23.5. The summed E-state index contributed by atoms with van der Waals surface area (Å²) >= 11 is 9.88. The molecule has 0 spiro atoms. The first-order chi connectivity index (χ1) is 15.1. The van der Waals surface area contributed by atoms with Crippen LogP contribution in [0.3, 0.4) is 0 Å². The van der Waals surface area contributed by atoms with Crippen molar-refractivity contribution < 1.29 is 4.74 Å². The van der Waals surface area contributed by atoms with Crippen LogP contribution in [0, 0.1) is 11.8 Å². The minimum absolute atomic E-state index is 0.787. The highest BCUT2D eigenvalue weighted by molar-refractivity contribution is 9.10. The van der Waals surface area contributed by atoms with Crippen molar-refractivity contribution >= 4 is 27.5 Å². The van der Waals surface area contributed by atoms with Gasteiger partial charge < -0.3 is 9.64 Å². The molecule has 2 fully saturated rings. The van der Waals surface area contributed by atoms with Crippen LogP contribution in [0.2, 0.25) is 5.02 Å². The first-order valence-corrected chi connectivity index (χ1v) is 13.6. The Kier molecular flexibility index (Phi) is 11.1. The second-order valence-corrected chi connectivity index (χ2v) is 11.0. The van der Waals surface area contributed by atoms with Crippen molar-refractivity contribution in [3.63, 3.8) is 0 Å². The molecular formula is C26H42BrClN2O. The number of piperidine rings is 1. The fraction of sp³-hybridized carbons (Fsp3) is 0.769. The quantitative estimate of drug-likeness (QED) is 0.329. The third kappa shape index (κ3) is 8.30. The molecule has 3 rings (SSSR count). The van der Waals surface area contributed by atoms with E-state index in [2.05, 4.69) is 44.8 Å². The molecule has 0 atom stereocenters. The molecule has 1 aromatic carbocycles. The van der Waals surface area contributed by atoms with E-state index in [1.807, 2.05) is 13.2 Å². The Hall–Kier alpha value is -0.130. The third-order valence-electron chi connectivity index (χ3n) is 7.63. The lowest BCUT2D eigenvalue weighted by Crippen LogP contribution is -2.40. The van der Waals surface area contributed by atoms with Crippen LogP contribution in [-0.4, -0.2) is 62.3 Å². The standard InChI is InChI=1S/C26H42BrClN2O/c1-3-30(17-18-31-2)25-9-6-21(7-10-25)5-4-14-29-15-12-22(13-16-29)19-23-20-24(28)8-11-26(23)27/h8,11,20-22,25H,3-7,9-10,12-19H2,1-2H3. The van der Waals surface area contributed by atoms with Gasteiger partial charge >= 0.3 is 0 Å². The summed E-state index contributed by atoms with van der Waals surface area (Å²) in [7, 11) is 1.81. The lowest BCUT2D eigenvalue weighted by molar-refractivity contribution is 0.0947. The van der Waals surface area contributed by atoms with Gasteiger partial charge in [0.25, 0.3) is 0 Å². The van der Waals surface area contributed by atoms with Crippen molar-refractivity contribution in [3.05, 3.63) is 33.3 Å². The molecule has 0 bridgehead atoms. The molecule has 31 heavy (non-hydrogen) atoms. The Morgan fingerprint density at radius 1 is 1.10 bits per heavy atom. The van der Waals surface area contributed by atoms with Crippen molar-refractivity contribution in [3.8, 4) is 0 Å². The van der Waals surface area contributed by atoms with Crippen LogP contribution < -0.4 is 0 Å². The van der Waals surface area contributed by atoms with E-state index in [1.165, 1.54) is 81.0 Å². The van der Waals surface area contributed by atoms with Crippen molar-refractivity contribution in [2.24, 2.45) is 11.8 Å². The average molecular weight is 514 g/mol. The number of likely N-dealkylation sites (tertiary alicyclic amines) is 1. The number of nitrogens with zero attached hydrogens (tertiary/aromatic N) is 2. The van der Waals surface area contributed by atoms with Gasteiger partial charge in [-0.2, -0.15) is 0 Å². The van der Waals surface area contributed by atoms with Gasteiger partial charge in [0.2, 0.25) is 0 Å². The van der Waals surface area contributed by atoms with Gasteiger partial charge in [-0.05, 0) is 120 Å².